The third-order valence-electron chi connectivity index (χ3n) is 4.09. The first-order valence-corrected chi connectivity index (χ1v) is 6.96. The maximum Gasteiger partial charge on any atom is 0.396 e. The Bertz CT molecular complexity index is 623. The van der Waals surface area contributed by atoms with Gasteiger partial charge >= 0.3 is 6.18 Å². The van der Waals surface area contributed by atoms with E-state index in [0.717, 1.165) is 0 Å². The minimum Gasteiger partial charge on any atom is -0.267 e. The summed E-state index contributed by atoms with van der Waals surface area (Å²) in [5.41, 5.74) is -1.08. The quantitative estimate of drug-likeness (QED) is 0.781. The first-order valence-electron chi connectivity index (χ1n) is 6.17. The standard InChI is InChI=1S/C14H12BrF3N2/c1-13(14(16,17)18)11(9-5-3-2-4-6-9)12(13)20-8-10(15)7-19-20/h2-8,11-12H,1H3. The van der Waals surface area contributed by atoms with Crippen LogP contribution < -0.4 is 0 Å². The minimum atomic E-state index is -4.27. The first kappa shape index (κ1) is 13.7. The molecular weight excluding hydrogens is 333 g/mol. The summed E-state index contributed by atoms with van der Waals surface area (Å²) in [6.07, 6.45) is -1.16. The molecule has 0 N–H and O–H groups in total. The van der Waals surface area contributed by atoms with E-state index in [1.54, 1.807) is 36.5 Å². The molecule has 0 radical (unpaired) electrons. The van der Waals surface area contributed by atoms with Gasteiger partial charge in [-0.2, -0.15) is 18.3 Å². The van der Waals surface area contributed by atoms with Crippen LogP contribution in [0.1, 0.15) is 24.4 Å². The van der Waals surface area contributed by atoms with Gasteiger partial charge in [0.15, 0.2) is 0 Å². The van der Waals surface area contributed by atoms with Crippen molar-refractivity contribution in [3.05, 3.63) is 52.8 Å². The van der Waals surface area contributed by atoms with Crippen LogP contribution in [-0.4, -0.2) is 16.0 Å². The summed E-state index contributed by atoms with van der Waals surface area (Å²) in [6.45, 7) is 1.27. The third-order valence-corrected chi connectivity index (χ3v) is 4.50. The number of rotatable bonds is 2. The fourth-order valence-electron chi connectivity index (χ4n) is 2.92. The normalized spacial score (nSPS) is 29.4. The maximum absolute atomic E-state index is 13.5. The van der Waals surface area contributed by atoms with E-state index in [-0.39, 0.29) is 0 Å². The first-order chi connectivity index (χ1) is 9.35. The van der Waals surface area contributed by atoms with Crippen molar-refractivity contribution >= 4 is 15.9 Å². The molecule has 2 aromatic rings. The van der Waals surface area contributed by atoms with Crippen molar-refractivity contribution < 1.29 is 13.2 Å². The molecule has 20 heavy (non-hydrogen) atoms. The second-order valence-corrected chi connectivity index (χ2v) is 6.17. The summed E-state index contributed by atoms with van der Waals surface area (Å²) in [6, 6.07) is 8.12. The van der Waals surface area contributed by atoms with Crippen molar-refractivity contribution in [3.63, 3.8) is 0 Å². The van der Waals surface area contributed by atoms with Crippen LogP contribution in [0.15, 0.2) is 47.2 Å². The van der Waals surface area contributed by atoms with Crippen LogP contribution in [0.4, 0.5) is 13.2 Å². The Balaban J connectivity index is 2.04. The number of nitrogens with zero attached hydrogens (tertiary/aromatic N) is 2. The molecule has 1 aromatic heterocycles. The monoisotopic (exact) mass is 344 g/mol. The summed E-state index contributed by atoms with van der Waals surface area (Å²) < 4.78 is 42.4. The predicted octanol–water partition coefficient (Wildman–Crippen LogP) is 4.55. The van der Waals surface area contributed by atoms with Gasteiger partial charge in [-0.25, -0.2) is 0 Å². The van der Waals surface area contributed by atoms with Crippen molar-refractivity contribution in [1.82, 2.24) is 9.78 Å². The van der Waals surface area contributed by atoms with Crippen LogP contribution in [0.2, 0.25) is 0 Å². The molecule has 1 heterocycles. The van der Waals surface area contributed by atoms with E-state index in [9.17, 15) is 13.2 Å². The average Bonchev–Trinajstić information content (AvgIpc) is 2.82. The van der Waals surface area contributed by atoms with E-state index in [1.165, 1.54) is 17.8 Å². The molecule has 1 fully saturated rings. The Morgan fingerprint density at radius 3 is 2.40 bits per heavy atom. The van der Waals surface area contributed by atoms with Gasteiger partial charge in [-0.1, -0.05) is 30.3 Å². The van der Waals surface area contributed by atoms with E-state index in [4.69, 9.17) is 0 Å². The molecule has 3 atom stereocenters. The van der Waals surface area contributed by atoms with Gasteiger partial charge in [0.05, 0.1) is 22.1 Å². The van der Waals surface area contributed by atoms with Crippen LogP contribution in [0, 0.1) is 5.41 Å². The molecule has 1 saturated carbocycles. The molecule has 0 spiro atoms. The smallest absolute Gasteiger partial charge is 0.267 e. The van der Waals surface area contributed by atoms with Crippen molar-refractivity contribution in [3.8, 4) is 0 Å². The average molecular weight is 345 g/mol. The van der Waals surface area contributed by atoms with Gasteiger partial charge in [-0.3, -0.25) is 4.68 Å². The molecule has 0 saturated heterocycles. The van der Waals surface area contributed by atoms with Crippen molar-refractivity contribution in [1.29, 1.82) is 0 Å². The minimum absolute atomic E-state index is 0.601. The third kappa shape index (κ3) is 1.89. The number of halogens is 4. The Kier molecular flexibility index (Phi) is 2.97. The number of hydrogen-bond acceptors (Lipinski definition) is 1. The molecule has 106 valence electrons. The van der Waals surface area contributed by atoms with Crippen molar-refractivity contribution in [2.75, 3.05) is 0 Å². The predicted molar refractivity (Wildman–Crippen MR) is 72.3 cm³/mol. The number of hydrogen-bond donors (Lipinski definition) is 0. The van der Waals surface area contributed by atoms with Crippen LogP contribution in [0.25, 0.3) is 0 Å². The van der Waals surface area contributed by atoms with E-state index < -0.39 is 23.6 Å². The zero-order valence-corrected chi connectivity index (χ0v) is 12.2. The molecule has 2 nitrogen and oxygen atoms in total. The van der Waals surface area contributed by atoms with Gasteiger partial charge in [0.25, 0.3) is 0 Å². The molecule has 3 unspecified atom stereocenters. The Morgan fingerprint density at radius 1 is 1.25 bits per heavy atom. The fraction of sp³-hybridized carbons (Fsp3) is 0.357. The van der Waals surface area contributed by atoms with Gasteiger partial charge in [0, 0.05) is 12.1 Å². The Morgan fingerprint density at radius 2 is 1.90 bits per heavy atom. The lowest BCUT2D eigenvalue weighted by molar-refractivity contribution is -0.187. The molecule has 0 amide bonds. The second-order valence-electron chi connectivity index (χ2n) is 5.25. The summed E-state index contributed by atoms with van der Waals surface area (Å²) in [5, 5.41) is 4.03. The van der Waals surface area contributed by atoms with Gasteiger partial charge < -0.3 is 0 Å². The highest BCUT2D eigenvalue weighted by Gasteiger charge is 2.76. The maximum atomic E-state index is 13.5. The van der Waals surface area contributed by atoms with E-state index in [1.807, 2.05) is 0 Å². The van der Waals surface area contributed by atoms with E-state index in [0.29, 0.717) is 10.0 Å². The van der Waals surface area contributed by atoms with Gasteiger partial charge in [-0.15, -0.1) is 0 Å². The lowest BCUT2D eigenvalue weighted by Gasteiger charge is -2.16. The highest BCUT2D eigenvalue weighted by Crippen LogP contribution is 2.74. The summed E-state index contributed by atoms with van der Waals surface area (Å²) >= 11 is 3.23. The van der Waals surface area contributed by atoms with Crippen molar-refractivity contribution in [2.45, 2.75) is 25.1 Å². The topological polar surface area (TPSA) is 17.8 Å². The lowest BCUT2D eigenvalue weighted by atomic mass is 10.0. The Labute approximate surface area is 122 Å². The zero-order valence-electron chi connectivity index (χ0n) is 10.6. The molecule has 3 rings (SSSR count). The molecule has 1 aliphatic carbocycles. The second kappa shape index (κ2) is 4.35. The molecule has 1 aromatic carbocycles. The number of benzene rings is 1. The van der Waals surface area contributed by atoms with Gasteiger partial charge in [0.2, 0.25) is 0 Å². The largest absolute Gasteiger partial charge is 0.396 e. The van der Waals surface area contributed by atoms with Crippen LogP contribution in [-0.2, 0) is 0 Å². The highest BCUT2D eigenvalue weighted by atomic mass is 79.9. The van der Waals surface area contributed by atoms with Crippen LogP contribution in [0.5, 0.6) is 0 Å². The SMILES string of the molecule is CC1(C(F)(F)F)C(c2ccccc2)C1n1cc(Br)cn1. The number of alkyl halides is 3. The van der Waals surface area contributed by atoms with Crippen LogP contribution >= 0.6 is 15.9 Å². The molecule has 0 aliphatic heterocycles. The number of aromatic nitrogens is 2. The summed E-state index contributed by atoms with van der Waals surface area (Å²) in [7, 11) is 0. The van der Waals surface area contributed by atoms with E-state index >= 15 is 0 Å². The molecular formula is C14H12BrF3N2. The van der Waals surface area contributed by atoms with E-state index in [2.05, 4.69) is 21.0 Å². The molecule has 6 heteroatoms. The summed E-state index contributed by atoms with van der Waals surface area (Å²) in [4.78, 5) is 0. The van der Waals surface area contributed by atoms with Gasteiger partial charge in [0.1, 0.15) is 0 Å². The molecule has 0 bridgehead atoms. The lowest BCUT2D eigenvalue weighted by Crippen LogP contribution is -2.25. The molecule has 1 aliphatic rings. The highest BCUT2D eigenvalue weighted by molar-refractivity contribution is 9.10. The van der Waals surface area contributed by atoms with Crippen molar-refractivity contribution in [2.24, 2.45) is 5.41 Å². The summed E-state index contributed by atoms with van der Waals surface area (Å²) in [5.74, 6) is -0.601. The fourth-order valence-corrected chi connectivity index (χ4v) is 3.22. The Hall–Kier alpha value is -1.30. The zero-order chi connectivity index (χ0) is 14.5. The van der Waals surface area contributed by atoms with Gasteiger partial charge in [-0.05, 0) is 28.4 Å². The van der Waals surface area contributed by atoms with Crippen LogP contribution in [0.3, 0.4) is 0 Å².